The molecule has 2 heterocycles. The number of sulfonamides is 1. The van der Waals surface area contributed by atoms with E-state index in [1.54, 1.807) is 24.4 Å². The van der Waals surface area contributed by atoms with Gasteiger partial charge in [0.1, 0.15) is 11.6 Å². The Bertz CT molecular complexity index is 1170. The molecule has 10 heteroatoms. The highest BCUT2D eigenvalue weighted by Crippen LogP contribution is 2.30. The van der Waals surface area contributed by atoms with E-state index in [0.717, 1.165) is 0 Å². The zero-order valence-electron chi connectivity index (χ0n) is 15.3. The molecule has 0 unspecified atom stereocenters. The van der Waals surface area contributed by atoms with Crippen LogP contribution in [0.25, 0.3) is 11.1 Å². The molecule has 2 aromatic carbocycles. The van der Waals surface area contributed by atoms with Crippen LogP contribution in [0.3, 0.4) is 0 Å². The number of hydrogen-bond acceptors (Lipinski definition) is 7. The number of nitrogens with two attached hydrogens (primary N) is 1. The summed E-state index contributed by atoms with van der Waals surface area (Å²) in [5.41, 5.74) is 7.60. The Kier molecular flexibility index (Phi) is 5.03. The Labute approximate surface area is 167 Å². The van der Waals surface area contributed by atoms with Crippen molar-refractivity contribution in [2.24, 2.45) is 0 Å². The van der Waals surface area contributed by atoms with E-state index in [1.807, 2.05) is 0 Å². The molecule has 5 N–H and O–H groups in total. The van der Waals surface area contributed by atoms with Gasteiger partial charge in [-0.2, -0.15) is 4.98 Å². The lowest BCUT2D eigenvalue weighted by molar-refractivity contribution is 0.580. The smallest absolute Gasteiger partial charge is 0.240 e. The molecule has 1 aromatic heterocycles. The summed E-state index contributed by atoms with van der Waals surface area (Å²) in [5.74, 6) is 0.341. The van der Waals surface area contributed by atoms with Crippen molar-refractivity contribution in [1.29, 1.82) is 0 Å². The fourth-order valence-corrected chi connectivity index (χ4v) is 4.07. The molecular formula is C19H19FN6O2S. The lowest BCUT2D eigenvalue weighted by atomic mass is 10.1. The second-order valence-electron chi connectivity index (χ2n) is 6.52. The predicted molar refractivity (Wildman–Crippen MR) is 110 cm³/mol. The summed E-state index contributed by atoms with van der Waals surface area (Å²) in [4.78, 5) is 8.99. The highest BCUT2D eigenvalue weighted by atomic mass is 32.2. The molecule has 1 aliphatic rings. The van der Waals surface area contributed by atoms with Crippen molar-refractivity contribution in [3.63, 3.8) is 0 Å². The molecule has 0 atom stereocenters. The third kappa shape index (κ3) is 4.13. The van der Waals surface area contributed by atoms with Gasteiger partial charge in [0.25, 0.3) is 0 Å². The fraction of sp³-hybridized carbons (Fsp3) is 0.158. The number of halogens is 1. The summed E-state index contributed by atoms with van der Waals surface area (Å²) in [7, 11) is -3.60. The van der Waals surface area contributed by atoms with Crippen molar-refractivity contribution in [3.8, 4) is 11.1 Å². The average Bonchev–Trinajstić information content (AvgIpc) is 2.70. The normalized spacial score (nSPS) is 15.8. The van der Waals surface area contributed by atoms with Gasteiger partial charge in [-0.3, -0.25) is 0 Å². The van der Waals surface area contributed by atoms with E-state index in [9.17, 15) is 12.8 Å². The summed E-state index contributed by atoms with van der Waals surface area (Å²) >= 11 is 0. The SMILES string of the molecule is Nc1cc(-c2cnc3nc2NCCCNS(=O)(=O)c2cccc(c2)N3)ccc1F. The van der Waals surface area contributed by atoms with Crippen LogP contribution >= 0.6 is 0 Å². The number of rotatable bonds is 1. The fourth-order valence-electron chi connectivity index (χ4n) is 2.95. The molecule has 1 aliphatic heterocycles. The molecule has 3 aromatic rings. The molecule has 29 heavy (non-hydrogen) atoms. The average molecular weight is 414 g/mol. The molecule has 0 amide bonds. The number of nitrogen functional groups attached to an aromatic ring is 1. The topological polar surface area (TPSA) is 122 Å². The second-order valence-corrected chi connectivity index (χ2v) is 8.29. The predicted octanol–water partition coefficient (Wildman–Crippen LogP) is 2.70. The van der Waals surface area contributed by atoms with Crippen LogP contribution in [0.1, 0.15) is 6.42 Å². The number of fused-ring (bicyclic) bond motifs is 4. The van der Waals surface area contributed by atoms with Crippen LogP contribution in [-0.2, 0) is 10.0 Å². The van der Waals surface area contributed by atoms with E-state index >= 15 is 0 Å². The van der Waals surface area contributed by atoms with Crippen molar-refractivity contribution in [2.45, 2.75) is 11.3 Å². The van der Waals surface area contributed by atoms with E-state index in [1.165, 1.54) is 24.3 Å². The van der Waals surface area contributed by atoms with Crippen LogP contribution in [0.4, 0.5) is 27.5 Å². The number of anilines is 4. The van der Waals surface area contributed by atoms with Gasteiger partial charge in [0.2, 0.25) is 16.0 Å². The van der Waals surface area contributed by atoms with Gasteiger partial charge in [-0.15, -0.1) is 0 Å². The second kappa shape index (κ2) is 7.64. The maximum Gasteiger partial charge on any atom is 0.240 e. The lowest BCUT2D eigenvalue weighted by Crippen LogP contribution is -2.26. The van der Waals surface area contributed by atoms with Crippen molar-refractivity contribution < 1.29 is 12.8 Å². The van der Waals surface area contributed by atoms with Gasteiger partial charge in [0.05, 0.1) is 10.6 Å². The monoisotopic (exact) mass is 414 g/mol. The summed E-state index contributed by atoms with van der Waals surface area (Å²) < 4.78 is 41.0. The van der Waals surface area contributed by atoms with Crippen molar-refractivity contribution in [1.82, 2.24) is 14.7 Å². The molecule has 0 saturated carbocycles. The molecule has 150 valence electrons. The first kappa shape index (κ1) is 19.1. The van der Waals surface area contributed by atoms with Crippen molar-refractivity contribution in [2.75, 3.05) is 29.5 Å². The van der Waals surface area contributed by atoms with Gasteiger partial charge in [-0.05, 0) is 42.3 Å². The lowest BCUT2D eigenvalue weighted by Gasteiger charge is -2.13. The maximum absolute atomic E-state index is 13.5. The van der Waals surface area contributed by atoms with E-state index < -0.39 is 15.8 Å². The summed E-state index contributed by atoms with van der Waals surface area (Å²) in [5, 5.41) is 6.22. The van der Waals surface area contributed by atoms with Gasteiger partial charge in [-0.25, -0.2) is 22.5 Å². The molecule has 0 saturated heterocycles. The highest BCUT2D eigenvalue weighted by molar-refractivity contribution is 7.89. The van der Waals surface area contributed by atoms with Crippen LogP contribution in [0.15, 0.2) is 53.6 Å². The molecular weight excluding hydrogens is 395 g/mol. The quantitative estimate of drug-likeness (QED) is 0.452. The Morgan fingerprint density at radius 3 is 2.79 bits per heavy atom. The van der Waals surface area contributed by atoms with Crippen LogP contribution < -0.4 is 21.1 Å². The summed E-state index contributed by atoms with van der Waals surface area (Å²) in [6, 6.07) is 10.8. The van der Waals surface area contributed by atoms with E-state index in [0.29, 0.717) is 41.5 Å². The number of aromatic nitrogens is 2. The molecule has 4 rings (SSSR count). The molecule has 0 radical (unpaired) electrons. The molecule has 0 spiro atoms. The molecule has 4 bridgehead atoms. The first-order valence-corrected chi connectivity index (χ1v) is 10.4. The van der Waals surface area contributed by atoms with Gasteiger partial charge < -0.3 is 16.4 Å². The summed E-state index contributed by atoms with van der Waals surface area (Å²) in [6.45, 7) is 0.740. The third-order valence-corrected chi connectivity index (χ3v) is 5.89. The summed E-state index contributed by atoms with van der Waals surface area (Å²) in [6.07, 6.45) is 2.15. The van der Waals surface area contributed by atoms with Crippen LogP contribution in [0, 0.1) is 5.82 Å². The largest absolute Gasteiger partial charge is 0.396 e. The molecule has 0 aliphatic carbocycles. The van der Waals surface area contributed by atoms with Gasteiger partial charge in [-0.1, -0.05) is 12.1 Å². The number of nitrogens with zero attached hydrogens (tertiary/aromatic N) is 2. The van der Waals surface area contributed by atoms with Gasteiger partial charge in [0.15, 0.2) is 0 Å². The standard InChI is InChI=1S/C19H19FN6O2S/c20-16-6-5-12(9-17(16)21)15-11-23-19-25-13-3-1-4-14(10-13)29(27,28)24-8-2-7-22-18(15)26-19/h1,3-6,9-11,24H,2,7-8,21H2,(H2,22,23,25,26). The first-order chi connectivity index (χ1) is 13.9. The van der Waals surface area contributed by atoms with Crippen molar-refractivity contribution >= 4 is 33.2 Å². The highest BCUT2D eigenvalue weighted by Gasteiger charge is 2.16. The Morgan fingerprint density at radius 2 is 1.97 bits per heavy atom. The van der Waals surface area contributed by atoms with Crippen LogP contribution in [0.2, 0.25) is 0 Å². The Morgan fingerprint density at radius 1 is 1.10 bits per heavy atom. The zero-order valence-corrected chi connectivity index (χ0v) is 16.1. The van der Waals surface area contributed by atoms with Gasteiger partial charge in [0, 0.05) is 30.5 Å². The number of hydrogen-bond donors (Lipinski definition) is 4. The molecule has 0 fully saturated rings. The third-order valence-electron chi connectivity index (χ3n) is 4.43. The van der Waals surface area contributed by atoms with E-state index in [4.69, 9.17) is 5.73 Å². The minimum atomic E-state index is -3.60. The number of nitrogens with one attached hydrogen (secondary N) is 3. The van der Waals surface area contributed by atoms with Crippen molar-refractivity contribution in [3.05, 3.63) is 54.5 Å². The molecule has 8 nitrogen and oxygen atoms in total. The van der Waals surface area contributed by atoms with Gasteiger partial charge >= 0.3 is 0 Å². The Hall–Kier alpha value is -3.24. The zero-order chi connectivity index (χ0) is 20.4. The maximum atomic E-state index is 13.5. The Balaban J connectivity index is 1.75. The minimum absolute atomic E-state index is 0.0350. The number of benzene rings is 2. The minimum Gasteiger partial charge on any atom is -0.396 e. The van der Waals surface area contributed by atoms with E-state index in [-0.39, 0.29) is 17.1 Å². The first-order valence-electron chi connectivity index (χ1n) is 8.95. The van der Waals surface area contributed by atoms with Crippen LogP contribution in [-0.4, -0.2) is 31.5 Å². The van der Waals surface area contributed by atoms with E-state index in [2.05, 4.69) is 25.3 Å². The van der Waals surface area contributed by atoms with Crippen LogP contribution in [0.5, 0.6) is 0 Å².